The molecule has 2 aromatic rings. The fraction of sp³-hybridized carbons (Fsp3) is 0.316. The lowest BCUT2D eigenvalue weighted by Crippen LogP contribution is -2.48. The van der Waals surface area contributed by atoms with E-state index in [4.69, 9.17) is 9.57 Å². The highest BCUT2D eigenvalue weighted by molar-refractivity contribution is 6.12. The predicted octanol–water partition coefficient (Wildman–Crippen LogP) is 2.60. The van der Waals surface area contributed by atoms with E-state index < -0.39 is 11.4 Å². The van der Waals surface area contributed by atoms with Crippen molar-refractivity contribution < 1.29 is 19.8 Å². The van der Waals surface area contributed by atoms with E-state index in [1.54, 1.807) is 24.3 Å². The van der Waals surface area contributed by atoms with Gasteiger partial charge in [-0.1, -0.05) is 55.4 Å². The zero-order valence-electron chi connectivity index (χ0n) is 13.8. The molecule has 5 nitrogen and oxygen atoms in total. The number of oxime groups is 1. The number of benzene rings is 2. The van der Waals surface area contributed by atoms with Crippen molar-refractivity contribution in [1.29, 1.82) is 0 Å². The summed E-state index contributed by atoms with van der Waals surface area (Å²) in [6, 6.07) is 12.7. The van der Waals surface area contributed by atoms with Gasteiger partial charge in [0.2, 0.25) is 5.60 Å². The van der Waals surface area contributed by atoms with Gasteiger partial charge in [0.1, 0.15) is 18.6 Å². The Balaban J connectivity index is 1.99. The van der Waals surface area contributed by atoms with E-state index in [2.05, 4.69) is 19.0 Å². The maximum atomic E-state index is 11.5. The summed E-state index contributed by atoms with van der Waals surface area (Å²) >= 11 is 0. The van der Waals surface area contributed by atoms with Crippen molar-refractivity contribution in [3.63, 3.8) is 0 Å². The van der Waals surface area contributed by atoms with E-state index in [1.165, 1.54) is 7.11 Å². The molecular weight excluding hydrogens is 306 g/mol. The molecule has 0 amide bonds. The van der Waals surface area contributed by atoms with Crippen LogP contribution < -0.4 is 4.74 Å². The molecule has 2 unspecified atom stereocenters. The minimum absolute atomic E-state index is 0.249. The summed E-state index contributed by atoms with van der Waals surface area (Å²) in [6.45, 7) is 4.15. The maximum Gasteiger partial charge on any atom is 0.275 e. The minimum Gasteiger partial charge on any atom is -0.454 e. The lowest BCUT2D eigenvalue weighted by atomic mass is 9.85. The van der Waals surface area contributed by atoms with Crippen molar-refractivity contribution in [2.45, 2.75) is 31.2 Å². The predicted molar refractivity (Wildman–Crippen MR) is 88.9 cm³/mol. The third-order valence-corrected chi connectivity index (χ3v) is 4.88. The largest absolute Gasteiger partial charge is 0.454 e. The number of nitrogens with zero attached hydrogens (tertiary/aromatic N) is 1. The zero-order valence-corrected chi connectivity index (χ0v) is 13.8. The third kappa shape index (κ3) is 1.63. The first-order chi connectivity index (χ1) is 11.4. The van der Waals surface area contributed by atoms with Gasteiger partial charge >= 0.3 is 0 Å². The van der Waals surface area contributed by atoms with Crippen LogP contribution in [0, 0.1) is 0 Å². The molecule has 0 saturated carbocycles. The van der Waals surface area contributed by atoms with E-state index >= 15 is 0 Å². The molecule has 2 N–H and O–H groups in total. The Bertz CT molecular complexity index is 860. The number of rotatable bonds is 2. The molecule has 1 aliphatic heterocycles. The summed E-state index contributed by atoms with van der Waals surface area (Å²) < 4.78 is 5.88. The van der Waals surface area contributed by atoms with Crippen molar-refractivity contribution in [1.82, 2.24) is 0 Å². The van der Waals surface area contributed by atoms with Crippen molar-refractivity contribution in [3.8, 4) is 5.75 Å². The van der Waals surface area contributed by atoms with E-state index in [0.29, 0.717) is 28.4 Å². The van der Waals surface area contributed by atoms with Gasteiger partial charge in [-0.05, 0) is 17.5 Å². The second kappa shape index (κ2) is 4.82. The molecule has 4 rings (SSSR count). The molecule has 1 heterocycles. The van der Waals surface area contributed by atoms with Crippen LogP contribution in [0.2, 0.25) is 0 Å². The summed E-state index contributed by atoms with van der Waals surface area (Å²) in [7, 11) is 1.41. The normalized spacial score (nSPS) is 28.5. The summed E-state index contributed by atoms with van der Waals surface area (Å²) in [6.07, 6.45) is 0. The molecule has 24 heavy (non-hydrogen) atoms. The van der Waals surface area contributed by atoms with Crippen molar-refractivity contribution in [3.05, 3.63) is 64.7 Å². The van der Waals surface area contributed by atoms with Crippen molar-refractivity contribution in [2.75, 3.05) is 7.11 Å². The number of aliphatic hydroxyl groups is 2. The molecule has 0 bridgehead atoms. The Morgan fingerprint density at radius 1 is 1.08 bits per heavy atom. The standard InChI is InChI=1S/C19H19NO4/c1-11(2)12-8-9-15-16(10-12)24-19(22)14-7-5-4-6-13(14)17(20-23-3)18(15,19)21/h4-11,21-22H,1-3H3/b20-17-. The molecule has 5 heteroatoms. The third-order valence-electron chi connectivity index (χ3n) is 4.88. The second-order valence-electron chi connectivity index (χ2n) is 6.53. The monoisotopic (exact) mass is 325 g/mol. The maximum absolute atomic E-state index is 11.5. The number of hydrogen-bond donors (Lipinski definition) is 2. The summed E-state index contributed by atoms with van der Waals surface area (Å²) in [4.78, 5) is 4.94. The van der Waals surface area contributed by atoms with Crippen LogP contribution in [-0.4, -0.2) is 23.0 Å². The number of hydrogen-bond acceptors (Lipinski definition) is 5. The Kier molecular flexibility index (Phi) is 3.04. The fourth-order valence-electron chi connectivity index (χ4n) is 3.62. The first-order valence-electron chi connectivity index (χ1n) is 7.93. The molecule has 0 fully saturated rings. The van der Waals surface area contributed by atoms with E-state index in [1.807, 2.05) is 18.2 Å². The summed E-state index contributed by atoms with van der Waals surface area (Å²) in [5.41, 5.74) is 1.09. The number of ether oxygens (including phenoxy) is 1. The van der Waals surface area contributed by atoms with Gasteiger partial charge in [-0.2, -0.15) is 0 Å². The molecule has 0 spiro atoms. The van der Waals surface area contributed by atoms with Gasteiger partial charge in [0.05, 0.1) is 0 Å². The van der Waals surface area contributed by atoms with Gasteiger partial charge in [0, 0.05) is 16.7 Å². The Morgan fingerprint density at radius 2 is 1.83 bits per heavy atom. The van der Waals surface area contributed by atoms with E-state index in [-0.39, 0.29) is 5.71 Å². The van der Waals surface area contributed by atoms with E-state index in [0.717, 1.165) is 5.56 Å². The van der Waals surface area contributed by atoms with Gasteiger partial charge in [-0.3, -0.25) is 0 Å². The topological polar surface area (TPSA) is 71.3 Å². The Labute approximate surface area is 140 Å². The highest BCUT2D eigenvalue weighted by Crippen LogP contribution is 2.58. The molecule has 0 aromatic heterocycles. The highest BCUT2D eigenvalue weighted by atomic mass is 16.7. The van der Waals surface area contributed by atoms with E-state index in [9.17, 15) is 10.2 Å². The lowest BCUT2D eigenvalue weighted by Gasteiger charge is -2.30. The van der Waals surface area contributed by atoms with Crippen LogP contribution in [0.1, 0.15) is 42.0 Å². The number of fused-ring (bicyclic) bond motifs is 5. The first-order valence-corrected chi connectivity index (χ1v) is 7.93. The van der Waals surface area contributed by atoms with Crippen LogP contribution in [-0.2, 0) is 16.2 Å². The Morgan fingerprint density at radius 3 is 2.54 bits per heavy atom. The Hall–Kier alpha value is -2.37. The van der Waals surface area contributed by atoms with Gasteiger partial charge in [0.25, 0.3) is 5.79 Å². The molecule has 124 valence electrons. The van der Waals surface area contributed by atoms with Gasteiger partial charge in [0.15, 0.2) is 0 Å². The lowest BCUT2D eigenvalue weighted by molar-refractivity contribution is -0.219. The first kappa shape index (κ1) is 15.2. The van der Waals surface area contributed by atoms with Crippen molar-refractivity contribution >= 4 is 5.71 Å². The van der Waals surface area contributed by atoms with Gasteiger partial charge in [-0.15, -0.1) is 0 Å². The van der Waals surface area contributed by atoms with Crippen molar-refractivity contribution in [2.24, 2.45) is 5.16 Å². The van der Waals surface area contributed by atoms with Crippen LogP contribution in [0.4, 0.5) is 0 Å². The fourth-order valence-corrected chi connectivity index (χ4v) is 3.62. The molecule has 2 atom stereocenters. The van der Waals surface area contributed by atoms with Crippen LogP contribution in [0.5, 0.6) is 5.75 Å². The highest BCUT2D eigenvalue weighted by Gasteiger charge is 2.69. The van der Waals surface area contributed by atoms with Gasteiger partial charge in [-0.25, -0.2) is 0 Å². The van der Waals surface area contributed by atoms with Crippen LogP contribution in [0.15, 0.2) is 47.6 Å². The zero-order chi connectivity index (χ0) is 17.1. The smallest absolute Gasteiger partial charge is 0.275 e. The molecule has 0 saturated heterocycles. The minimum atomic E-state index is -1.92. The molecule has 2 aromatic carbocycles. The van der Waals surface area contributed by atoms with Crippen LogP contribution in [0.3, 0.4) is 0 Å². The van der Waals surface area contributed by atoms with Crippen LogP contribution in [0.25, 0.3) is 0 Å². The second-order valence-corrected chi connectivity index (χ2v) is 6.53. The molecule has 0 radical (unpaired) electrons. The SMILES string of the molecule is CO/N=C1/c2ccccc2C2(O)Oc3cc(C(C)C)ccc3C12O. The van der Waals surface area contributed by atoms with Crippen LogP contribution >= 0.6 is 0 Å². The molecule has 2 aliphatic rings. The summed E-state index contributed by atoms with van der Waals surface area (Å²) in [5, 5.41) is 26.8. The quantitative estimate of drug-likeness (QED) is 0.833. The van der Waals surface area contributed by atoms with Gasteiger partial charge < -0.3 is 19.8 Å². The molecular formula is C19H19NO4. The molecule has 1 aliphatic carbocycles. The average molecular weight is 325 g/mol. The average Bonchev–Trinajstić information content (AvgIpc) is 2.90. The summed E-state index contributed by atoms with van der Waals surface area (Å²) in [5.74, 6) is -1.15.